The lowest BCUT2D eigenvalue weighted by Gasteiger charge is -2.62. The quantitative estimate of drug-likeness (QED) is 0.555. The van der Waals surface area contributed by atoms with Gasteiger partial charge in [0.05, 0.1) is 35.9 Å². The van der Waals surface area contributed by atoms with Crippen molar-refractivity contribution in [2.45, 2.75) is 43.7 Å². The third-order valence-corrected chi connectivity index (χ3v) is 7.13. The van der Waals surface area contributed by atoms with Gasteiger partial charge in [-0.1, -0.05) is 0 Å². The van der Waals surface area contributed by atoms with E-state index in [2.05, 4.69) is 28.5 Å². The number of nitriles is 1. The molecule has 0 saturated heterocycles. The predicted octanol–water partition coefficient (Wildman–Crippen LogP) is 3.11. The summed E-state index contributed by atoms with van der Waals surface area (Å²) < 4.78 is 5.73. The van der Waals surface area contributed by atoms with Crippen LogP contribution in [0, 0.1) is 16.7 Å². The first kappa shape index (κ1) is 18.3. The van der Waals surface area contributed by atoms with Crippen LogP contribution in [0.3, 0.4) is 0 Å². The van der Waals surface area contributed by atoms with Crippen molar-refractivity contribution in [3.8, 4) is 28.3 Å². The van der Waals surface area contributed by atoms with Crippen LogP contribution < -0.4 is 5.73 Å². The minimum absolute atomic E-state index is 0.218. The highest BCUT2D eigenvalue weighted by atomic mass is 15.3. The first-order valence-electron chi connectivity index (χ1n) is 10.6. The second-order valence-corrected chi connectivity index (χ2v) is 9.46. The average molecular weight is 413 g/mol. The van der Waals surface area contributed by atoms with E-state index < -0.39 is 0 Å². The summed E-state index contributed by atoms with van der Waals surface area (Å²) >= 11 is 0. The zero-order valence-electron chi connectivity index (χ0n) is 17.4. The predicted molar refractivity (Wildman–Crippen MR) is 116 cm³/mol. The molecule has 0 aliphatic heterocycles. The van der Waals surface area contributed by atoms with Crippen molar-refractivity contribution in [2.24, 2.45) is 18.2 Å². The number of rotatable bonds is 4. The molecule has 0 amide bonds. The smallest absolute Gasteiger partial charge is 0.0767 e. The number of fused-ring (bicyclic) bond motifs is 1. The fraction of sp³-hybridized carbons (Fsp3) is 0.391. The van der Waals surface area contributed by atoms with Crippen LogP contribution in [0.5, 0.6) is 0 Å². The molecule has 0 radical (unpaired) electrons. The van der Waals surface area contributed by atoms with Crippen LogP contribution in [0.2, 0.25) is 0 Å². The molecule has 0 atom stereocenters. The monoisotopic (exact) mass is 412 g/mol. The molecule has 2 saturated carbocycles. The van der Waals surface area contributed by atoms with Crippen molar-refractivity contribution >= 4 is 5.52 Å². The number of nitrogens with two attached hydrogens (primary N) is 1. The van der Waals surface area contributed by atoms with E-state index >= 15 is 0 Å². The van der Waals surface area contributed by atoms with Gasteiger partial charge in [0.1, 0.15) is 0 Å². The topological polar surface area (TPSA) is 103 Å². The number of hydrogen-bond donors (Lipinski definition) is 1. The van der Waals surface area contributed by atoms with Crippen LogP contribution in [-0.2, 0) is 12.6 Å². The largest absolute Gasteiger partial charge is 0.328 e. The van der Waals surface area contributed by atoms with E-state index in [1.165, 1.54) is 0 Å². The lowest BCUT2D eigenvalue weighted by atomic mass is 9.46. The molecule has 2 aliphatic rings. The van der Waals surface area contributed by atoms with Gasteiger partial charge in [0.25, 0.3) is 0 Å². The molecule has 0 bridgehead atoms. The molecule has 2 aliphatic carbocycles. The molecular weight excluding hydrogens is 388 g/mol. The molecule has 2 N–H and O–H groups in total. The molecule has 2 fully saturated rings. The molecule has 31 heavy (non-hydrogen) atoms. The van der Waals surface area contributed by atoms with Gasteiger partial charge in [0.2, 0.25) is 0 Å². The van der Waals surface area contributed by atoms with Crippen LogP contribution in [0.25, 0.3) is 27.8 Å². The van der Waals surface area contributed by atoms with Gasteiger partial charge >= 0.3 is 0 Å². The van der Waals surface area contributed by atoms with Gasteiger partial charge < -0.3 is 5.73 Å². The van der Waals surface area contributed by atoms with Crippen molar-refractivity contribution in [2.75, 3.05) is 0 Å². The number of pyridine rings is 1. The SMILES string of the molecule is Cn1cc(-c2cc(-c3cnn(C4(CC#N)CC5(CC(N)C5)C4)c3)c3ccnn3c2)cn1. The number of aromatic nitrogens is 6. The maximum absolute atomic E-state index is 9.51. The van der Waals surface area contributed by atoms with Gasteiger partial charge in [0, 0.05) is 60.1 Å². The van der Waals surface area contributed by atoms with Gasteiger partial charge in [0.15, 0.2) is 0 Å². The van der Waals surface area contributed by atoms with Gasteiger partial charge in [-0.3, -0.25) is 9.36 Å². The summed E-state index contributed by atoms with van der Waals surface area (Å²) in [6, 6.07) is 6.90. The summed E-state index contributed by atoms with van der Waals surface area (Å²) in [5.74, 6) is 0. The molecule has 8 heteroatoms. The zero-order valence-corrected chi connectivity index (χ0v) is 17.4. The summed E-state index contributed by atoms with van der Waals surface area (Å²) in [6.07, 6.45) is 16.3. The van der Waals surface area contributed by atoms with Crippen LogP contribution in [0.1, 0.15) is 32.1 Å². The zero-order chi connectivity index (χ0) is 21.2. The molecule has 1 spiro atoms. The summed E-state index contributed by atoms with van der Waals surface area (Å²) in [5.41, 5.74) is 11.4. The third-order valence-electron chi connectivity index (χ3n) is 7.13. The van der Waals surface area contributed by atoms with Gasteiger partial charge in [-0.05, 0) is 43.2 Å². The molecule has 4 aromatic rings. The Kier molecular flexibility index (Phi) is 3.72. The molecule has 6 rings (SSSR count). The van der Waals surface area contributed by atoms with Crippen LogP contribution >= 0.6 is 0 Å². The van der Waals surface area contributed by atoms with E-state index in [1.807, 2.05) is 53.3 Å². The minimum Gasteiger partial charge on any atom is -0.328 e. The van der Waals surface area contributed by atoms with E-state index in [9.17, 15) is 5.26 Å². The highest BCUT2D eigenvalue weighted by molar-refractivity contribution is 5.83. The molecule has 0 aromatic carbocycles. The number of hydrogen-bond acceptors (Lipinski definition) is 5. The Balaban J connectivity index is 1.40. The number of nitrogens with zero attached hydrogens (tertiary/aromatic N) is 7. The highest BCUT2D eigenvalue weighted by Crippen LogP contribution is 2.63. The standard InChI is InChI=1S/C23H24N8/c1-29-11-17(9-27-29)16-6-20(21-2-5-26-30(21)12-16)18-10-28-31(13-18)23(3-4-24)14-22(15-23)7-19(25)8-22/h2,5-6,9-13,19H,3,7-8,14-15,25H2,1H3. The van der Waals surface area contributed by atoms with Crippen LogP contribution in [-0.4, -0.2) is 35.2 Å². The van der Waals surface area contributed by atoms with E-state index in [0.717, 1.165) is 53.5 Å². The van der Waals surface area contributed by atoms with Crippen molar-refractivity contribution in [3.63, 3.8) is 0 Å². The Morgan fingerprint density at radius 1 is 1.10 bits per heavy atom. The molecule has 0 unspecified atom stereocenters. The first-order valence-corrected chi connectivity index (χ1v) is 10.6. The Bertz CT molecular complexity index is 1320. The lowest BCUT2D eigenvalue weighted by Crippen LogP contribution is -2.61. The number of aryl methyl sites for hydroxylation is 1. The summed E-state index contributed by atoms with van der Waals surface area (Å²) in [7, 11) is 1.91. The maximum Gasteiger partial charge on any atom is 0.0767 e. The maximum atomic E-state index is 9.51. The molecule has 156 valence electrons. The van der Waals surface area contributed by atoms with E-state index in [-0.39, 0.29) is 5.54 Å². The van der Waals surface area contributed by atoms with Gasteiger partial charge in [-0.25, -0.2) is 4.52 Å². The second-order valence-electron chi connectivity index (χ2n) is 9.46. The lowest BCUT2D eigenvalue weighted by molar-refractivity contribution is -0.0993. The normalized spacial score (nSPS) is 27.2. The first-order chi connectivity index (χ1) is 15.0. The molecule has 4 heterocycles. The molecule has 4 aromatic heterocycles. The van der Waals surface area contributed by atoms with E-state index in [0.29, 0.717) is 17.9 Å². The van der Waals surface area contributed by atoms with Gasteiger partial charge in [-0.15, -0.1) is 0 Å². The molecular formula is C23H24N8. The summed E-state index contributed by atoms with van der Waals surface area (Å²) in [5, 5.41) is 23.0. The Morgan fingerprint density at radius 3 is 2.61 bits per heavy atom. The van der Waals surface area contributed by atoms with Crippen LogP contribution in [0.15, 0.2) is 49.3 Å². The summed E-state index contributed by atoms with van der Waals surface area (Å²) in [6.45, 7) is 0. The molecule has 8 nitrogen and oxygen atoms in total. The Labute approximate surface area is 179 Å². The Morgan fingerprint density at radius 2 is 1.90 bits per heavy atom. The Hall–Kier alpha value is -3.44. The van der Waals surface area contributed by atoms with Crippen LogP contribution in [0.4, 0.5) is 0 Å². The van der Waals surface area contributed by atoms with Crippen molar-refractivity contribution in [3.05, 3.63) is 49.3 Å². The third kappa shape index (κ3) is 2.73. The van der Waals surface area contributed by atoms with Crippen molar-refractivity contribution in [1.29, 1.82) is 5.26 Å². The average Bonchev–Trinajstić information content (AvgIpc) is 3.44. The van der Waals surface area contributed by atoms with E-state index in [1.54, 1.807) is 4.68 Å². The second kappa shape index (κ2) is 6.28. The summed E-state index contributed by atoms with van der Waals surface area (Å²) in [4.78, 5) is 0. The minimum atomic E-state index is -0.218. The van der Waals surface area contributed by atoms with Crippen molar-refractivity contribution in [1.82, 2.24) is 29.2 Å². The van der Waals surface area contributed by atoms with Gasteiger partial charge in [-0.2, -0.15) is 20.6 Å². The fourth-order valence-electron chi connectivity index (χ4n) is 5.91. The van der Waals surface area contributed by atoms with E-state index in [4.69, 9.17) is 10.8 Å². The van der Waals surface area contributed by atoms with Crippen molar-refractivity contribution < 1.29 is 0 Å². The fourth-order valence-corrected chi connectivity index (χ4v) is 5.91. The highest BCUT2D eigenvalue weighted by Gasteiger charge is 2.60.